The molecule has 2 atom stereocenters. The van der Waals surface area contributed by atoms with Crippen LogP contribution < -0.4 is 5.32 Å². The monoisotopic (exact) mass is 494 g/mol. The van der Waals surface area contributed by atoms with E-state index in [-0.39, 0.29) is 23.6 Å². The minimum absolute atomic E-state index is 0.0530. The zero-order valence-corrected chi connectivity index (χ0v) is 21.5. The molecule has 0 aliphatic rings. The Morgan fingerprint density at radius 1 is 1.03 bits per heavy atom. The first-order valence-electron chi connectivity index (χ1n) is 10.9. The van der Waals surface area contributed by atoms with Gasteiger partial charge < -0.3 is 10.2 Å². The second-order valence-corrected chi connectivity index (χ2v) is 9.79. The maximum Gasteiger partial charge on any atom is 0.243 e. The van der Waals surface area contributed by atoms with E-state index in [4.69, 9.17) is 23.2 Å². The van der Waals surface area contributed by atoms with Crippen molar-refractivity contribution in [2.24, 2.45) is 0 Å². The predicted octanol–water partition coefficient (Wildman–Crippen LogP) is 6.26. The third-order valence-corrected chi connectivity index (χ3v) is 7.03. The van der Waals surface area contributed by atoms with E-state index in [1.807, 2.05) is 58.0 Å². The van der Waals surface area contributed by atoms with Crippen LogP contribution in [0.25, 0.3) is 0 Å². The highest BCUT2D eigenvalue weighted by Gasteiger charge is 2.29. The minimum Gasteiger partial charge on any atom is -0.352 e. The van der Waals surface area contributed by atoms with Crippen molar-refractivity contribution in [2.45, 2.75) is 64.9 Å². The highest BCUT2D eigenvalue weighted by molar-refractivity contribution is 7.99. The number of benzene rings is 2. The summed E-state index contributed by atoms with van der Waals surface area (Å²) in [5.41, 5.74) is 3.15. The Morgan fingerprint density at radius 2 is 1.78 bits per heavy atom. The molecule has 2 amide bonds. The lowest BCUT2D eigenvalue weighted by Gasteiger charge is -2.31. The van der Waals surface area contributed by atoms with Crippen molar-refractivity contribution in [2.75, 3.05) is 5.75 Å². The Bertz CT molecular complexity index is 923. The maximum absolute atomic E-state index is 13.3. The average Bonchev–Trinajstić information content (AvgIpc) is 2.75. The molecule has 0 aromatic heterocycles. The number of carbonyl (C=O) groups is 2. The number of carbonyl (C=O) groups excluding carboxylic acids is 2. The quantitative estimate of drug-likeness (QED) is 0.401. The molecule has 0 heterocycles. The second kappa shape index (κ2) is 13.1. The van der Waals surface area contributed by atoms with Gasteiger partial charge in [0.2, 0.25) is 11.8 Å². The fraction of sp³-hybridized carbons (Fsp3) is 0.440. The molecule has 0 unspecified atom stereocenters. The van der Waals surface area contributed by atoms with Gasteiger partial charge in [0.05, 0.1) is 15.8 Å². The highest BCUT2D eigenvalue weighted by atomic mass is 35.5. The number of hydrogen-bond donors (Lipinski definition) is 1. The fourth-order valence-corrected chi connectivity index (χ4v) is 4.51. The molecule has 1 N–H and O–H groups in total. The highest BCUT2D eigenvalue weighted by Crippen LogP contribution is 2.25. The lowest BCUT2D eigenvalue weighted by atomic mass is 10.1. The first-order valence-corrected chi connectivity index (χ1v) is 12.8. The summed E-state index contributed by atoms with van der Waals surface area (Å²) in [5, 5.41) is 4.06. The Balaban J connectivity index is 2.14. The van der Waals surface area contributed by atoms with Gasteiger partial charge in [0, 0.05) is 18.3 Å². The SMILES string of the molecule is CC[C@@H](C)NC(=O)[C@H](CC)N(Cc1cccc(C)c1)C(=O)CSCc1ccc(Cl)c(Cl)c1. The van der Waals surface area contributed by atoms with Gasteiger partial charge in [-0.2, -0.15) is 0 Å². The maximum atomic E-state index is 13.3. The molecule has 0 bridgehead atoms. The number of hydrogen-bond acceptors (Lipinski definition) is 3. The molecule has 0 fully saturated rings. The van der Waals surface area contributed by atoms with Crippen LogP contribution in [0.1, 0.15) is 50.3 Å². The molecule has 174 valence electrons. The molecule has 32 heavy (non-hydrogen) atoms. The van der Waals surface area contributed by atoms with E-state index in [2.05, 4.69) is 11.4 Å². The first kappa shape index (κ1) is 26.6. The summed E-state index contributed by atoms with van der Waals surface area (Å²) in [5.74, 6) is 0.760. The van der Waals surface area contributed by atoms with E-state index in [1.54, 1.807) is 11.0 Å². The van der Waals surface area contributed by atoms with Gasteiger partial charge in [0.25, 0.3) is 0 Å². The Hall–Kier alpha value is -1.69. The minimum atomic E-state index is -0.511. The lowest BCUT2D eigenvalue weighted by Crippen LogP contribution is -2.51. The molecule has 0 aliphatic carbocycles. The van der Waals surface area contributed by atoms with Gasteiger partial charge in [-0.3, -0.25) is 9.59 Å². The van der Waals surface area contributed by atoms with Gasteiger partial charge in [-0.05, 0) is 49.9 Å². The molecular formula is C25H32Cl2N2O2S. The molecule has 0 spiro atoms. The molecule has 0 saturated heterocycles. The van der Waals surface area contributed by atoms with Crippen LogP contribution in [0.4, 0.5) is 0 Å². The normalized spacial score (nSPS) is 12.8. The lowest BCUT2D eigenvalue weighted by molar-refractivity contribution is -0.139. The van der Waals surface area contributed by atoms with Gasteiger partial charge in [-0.25, -0.2) is 0 Å². The van der Waals surface area contributed by atoms with E-state index in [9.17, 15) is 9.59 Å². The van der Waals surface area contributed by atoms with E-state index in [0.29, 0.717) is 28.8 Å². The van der Waals surface area contributed by atoms with Crippen molar-refractivity contribution in [3.8, 4) is 0 Å². The molecular weight excluding hydrogens is 463 g/mol. The molecule has 2 aromatic rings. The Labute approximate surface area is 206 Å². The summed E-state index contributed by atoms with van der Waals surface area (Å²) in [7, 11) is 0. The number of amides is 2. The van der Waals surface area contributed by atoms with Gasteiger partial charge in [0.15, 0.2) is 0 Å². The molecule has 2 rings (SSSR count). The summed E-state index contributed by atoms with van der Waals surface area (Å²) in [6.07, 6.45) is 1.39. The molecule has 0 aliphatic heterocycles. The summed E-state index contributed by atoms with van der Waals surface area (Å²) in [6.45, 7) is 8.38. The van der Waals surface area contributed by atoms with Crippen LogP contribution in [-0.4, -0.2) is 34.6 Å². The third kappa shape index (κ3) is 8.02. The van der Waals surface area contributed by atoms with Crippen LogP contribution in [0.2, 0.25) is 10.0 Å². The third-order valence-electron chi connectivity index (χ3n) is 5.30. The average molecular weight is 496 g/mol. The van der Waals surface area contributed by atoms with Gasteiger partial charge in [-0.1, -0.05) is 72.9 Å². The van der Waals surface area contributed by atoms with Crippen molar-refractivity contribution in [1.29, 1.82) is 0 Å². The molecule has 4 nitrogen and oxygen atoms in total. The summed E-state index contributed by atoms with van der Waals surface area (Å²) in [6, 6.07) is 13.1. The van der Waals surface area contributed by atoms with Crippen LogP contribution >= 0.6 is 35.0 Å². The zero-order valence-electron chi connectivity index (χ0n) is 19.2. The molecule has 0 radical (unpaired) electrons. The zero-order chi connectivity index (χ0) is 23.7. The van der Waals surface area contributed by atoms with Crippen LogP contribution in [-0.2, 0) is 21.9 Å². The van der Waals surface area contributed by atoms with Gasteiger partial charge in [0.1, 0.15) is 6.04 Å². The number of halogens is 2. The van der Waals surface area contributed by atoms with Gasteiger partial charge >= 0.3 is 0 Å². The Kier molecular flexibility index (Phi) is 10.9. The summed E-state index contributed by atoms with van der Waals surface area (Å²) < 4.78 is 0. The van der Waals surface area contributed by atoms with Crippen molar-refractivity contribution in [1.82, 2.24) is 10.2 Å². The standard InChI is InChI=1S/C25H32Cl2N2O2S/c1-5-18(4)28-25(31)23(6-2)29(14-19-9-7-8-17(3)12-19)24(30)16-32-15-20-10-11-21(26)22(27)13-20/h7-13,18,23H,5-6,14-16H2,1-4H3,(H,28,31)/t18-,23+/m1/s1. The van der Waals surface area contributed by atoms with Crippen molar-refractivity contribution in [3.63, 3.8) is 0 Å². The Morgan fingerprint density at radius 3 is 2.41 bits per heavy atom. The number of thioether (sulfide) groups is 1. The number of nitrogens with zero attached hydrogens (tertiary/aromatic N) is 1. The first-order chi connectivity index (χ1) is 15.2. The topological polar surface area (TPSA) is 49.4 Å². The van der Waals surface area contributed by atoms with Crippen molar-refractivity contribution < 1.29 is 9.59 Å². The van der Waals surface area contributed by atoms with Crippen LogP contribution in [0.5, 0.6) is 0 Å². The van der Waals surface area contributed by atoms with Crippen LogP contribution in [0.3, 0.4) is 0 Å². The van der Waals surface area contributed by atoms with E-state index in [0.717, 1.165) is 23.1 Å². The summed E-state index contributed by atoms with van der Waals surface area (Å²) >= 11 is 13.6. The van der Waals surface area contributed by atoms with E-state index in [1.165, 1.54) is 11.8 Å². The van der Waals surface area contributed by atoms with Crippen molar-refractivity contribution in [3.05, 3.63) is 69.2 Å². The van der Waals surface area contributed by atoms with Crippen LogP contribution in [0.15, 0.2) is 42.5 Å². The number of aryl methyl sites for hydroxylation is 1. The van der Waals surface area contributed by atoms with Crippen LogP contribution in [0, 0.1) is 6.92 Å². The molecule has 7 heteroatoms. The largest absolute Gasteiger partial charge is 0.352 e. The number of rotatable bonds is 11. The van der Waals surface area contributed by atoms with Crippen molar-refractivity contribution >= 4 is 46.8 Å². The summed E-state index contributed by atoms with van der Waals surface area (Å²) in [4.78, 5) is 28.0. The predicted molar refractivity (Wildman–Crippen MR) is 136 cm³/mol. The second-order valence-electron chi connectivity index (χ2n) is 7.99. The van der Waals surface area contributed by atoms with E-state index < -0.39 is 6.04 Å². The fourth-order valence-electron chi connectivity index (χ4n) is 3.34. The molecule has 2 aromatic carbocycles. The molecule has 0 saturated carbocycles. The van der Waals surface area contributed by atoms with Gasteiger partial charge in [-0.15, -0.1) is 11.8 Å². The number of nitrogens with one attached hydrogen (secondary N) is 1. The van der Waals surface area contributed by atoms with E-state index >= 15 is 0 Å². The smallest absolute Gasteiger partial charge is 0.243 e.